The Morgan fingerprint density at radius 1 is 1.69 bits per heavy atom. The molecule has 2 N–H and O–H groups in total. The van der Waals surface area contributed by atoms with Crippen molar-refractivity contribution < 1.29 is 18.3 Å². The molecule has 0 radical (unpaired) electrons. The summed E-state index contributed by atoms with van der Waals surface area (Å²) in [6.45, 7) is 3.28. The van der Waals surface area contributed by atoms with E-state index in [1.54, 1.807) is 13.8 Å². The summed E-state index contributed by atoms with van der Waals surface area (Å²) >= 11 is 1.00. The molecule has 1 aromatic heterocycles. The molecule has 0 aliphatic heterocycles. The van der Waals surface area contributed by atoms with Crippen LogP contribution in [0.5, 0.6) is 0 Å². The number of sulfonamides is 1. The fraction of sp³-hybridized carbons (Fsp3) is 0.500. The molecule has 1 heterocycles. The highest BCUT2D eigenvalue weighted by atomic mass is 32.2. The predicted octanol–water partition coefficient (Wildman–Crippen LogP) is 0.593. The Bertz CT molecular complexity index is 480. The largest absolute Gasteiger partial charge is 0.480 e. The van der Waals surface area contributed by atoms with Crippen LogP contribution in [0.4, 0.5) is 0 Å². The Balaban J connectivity index is 2.91. The van der Waals surface area contributed by atoms with E-state index >= 15 is 0 Å². The number of aryl methyl sites for hydroxylation is 1. The SMILES string of the molecule is CC[C@H](NS(=O)(=O)c1cnc(C)s1)C(=O)O. The molecule has 0 unspecified atom stereocenters. The van der Waals surface area contributed by atoms with Gasteiger partial charge in [-0.25, -0.2) is 13.4 Å². The highest BCUT2D eigenvalue weighted by molar-refractivity contribution is 7.91. The minimum absolute atomic E-state index is 0.0321. The zero-order valence-electron chi connectivity index (χ0n) is 8.80. The van der Waals surface area contributed by atoms with Gasteiger partial charge in [0.25, 0.3) is 10.0 Å². The standard InChI is InChI=1S/C8H12N2O4S2/c1-3-6(8(11)12)10-16(13,14)7-4-9-5(2)15-7/h4,6,10H,3H2,1-2H3,(H,11,12)/t6-/m0/s1. The van der Waals surface area contributed by atoms with Crippen LogP contribution in [0.25, 0.3) is 0 Å². The van der Waals surface area contributed by atoms with Crippen molar-refractivity contribution in [2.24, 2.45) is 0 Å². The van der Waals surface area contributed by atoms with Gasteiger partial charge in [0.15, 0.2) is 4.21 Å². The molecule has 0 aromatic carbocycles. The van der Waals surface area contributed by atoms with Crippen molar-refractivity contribution in [1.82, 2.24) is 9.71 Å². The molecule has 1 rings (SSSR count). The number of nitrogens with one attached hydrogen (secondary N) is 1. The number of rotatable bonds is 5. The number of carboxylic acids is 1. The molecule has 1 aromatic rings. The zero-order chi connectivity index (χ0) is 12.3. The van der Waals surface area contributed by atoms with Gasteiger partial charge in [0.2, 0.25) is 0 Å². The molecule has 0 spiro atoms. The molecule has 0 bridgehead atoms. The van der Waals surface area contributed by atoms with Gasteiger partial charge in [0.05, 0.1) is 11.2 Å². The van der Waals surface area contributed by atoms with E-state index in [0.717, 1.165) is 11.3 Å². The van der Waals surface area contributed by atoms with Gasteiger partial charge < -0.3 is 5.11 Å². The number of hydrogen-bond donors (Lipinski definition) is 2. The van der Waals surface area contributed by atoms with Crippen molar-refractivity contribution in [2.45, 2.75) is 30.5 Å². The molecular weight excluding hydrogens is 252 g/mol. The van der Waals surface area contributed by atoms with Gasteiger partial charge in [0.1, 0.15) is 6.04 Å². The molecule has 0 saturated heterocycles. The van der Waals surface area contributed by atoms with Crippen LogP contribution in [0.2, 0.25) is 0 Å². The van der Waals surface area contributed by atoms with Gasteiger partial charge in [-0.3, -0.25) is 4.79 Å². The Kier molecular flexibility index (Phi) is 4.00. The van der Waals surface area contributed by atoms with Crippen molar-refractivity contribution >= 4 is 27.3 Å². The van der Waals surface area contributed by atoms with E-state index in [-0.39, 0.29) is 10.6 Å². The second kappa shape index (κ2) is 4.89. The summed E-state index contributed by atoms with van der Waals surface area (Å²) < 4.78 is 25.6. The Morgan fingerprint density at radius 3 is 2.69 bits per heavy atom. The monoisotopic (exact) mass is 264 g/mol. The first kappa shape index (κ1) is 13.1. The summed E-state index contributed by atoms with van der Waals surface area (Å²) in [5, 5.41) is 9.36. The number of hydrogen-bond acceptors (Lipinski definition) is 5. The third-order valence-electron chi connectivity index (χ3n) is 1.87. The van der Waals surface area contributed by atoms with Crippen molar-refractivity contribution in [3.8, 4) is 0 Å². The number of nitrogens with zero attached hydrogens (tertiary/aromatic N) is 1. The quantitative estimate of drug-likeness (QED) is 0.811. The molecular formula is C8H12N2O4S2. The maximum atomic E-state index is 11.7. The number of aliphatic carboxylic acids is 1. The number of thiazole rings is 1. The maximum absolute atomic E-state index is 11.7. The van der Waals surface area contributed by atoms with E-state index in [1.807, 2.05) is 0 Å². The molecule has 16 heavy (non-hydrogen) atoms. The molecule has 0 aliphatic carbocycles. The van der Waals surface area contributed by atoms with E-state index in [4.69, 9.17) is 5.11 Å². The lowest BCUT2D eigenvalue weighted by Crippen LogP contribution is -2.39. The average molecular weight is 264 g/mol. The third kappa shape index (κ3) is 3.00. The van der Waals surface area contributed by atoms with Gasteiger partial charge in [-0.15, -0.1) is 11.3 Å². The Morgan fingerprint density at radius 2 is 2.31 bits per heavy atom. The third-order valence-corrected chi connectivity index (χ3v) is 4.71. The van der Waals surface area contributed by atoms with Crippen molar-refractivity contribution in [1.29, 1.82) is 0 Å². The maximum Gasteiger partial charge on any atom is 0.321 e. The van der Waals surface area contributed by atoms with Crippen molar-refractivity contribution in [3.63, 3.8) is 0 Å². The van der Waals surface area contributed by atoms with E-state index < -0.39 is 22.0 Å². The second-order valence-corrected chi connectivity index (χ2v) is 6.29. The fourth-order valence-corrected chi connectivity index (χ4v) is 3.42. The topological polar surface area (TPSA) is 96.4 Å². The molecule has 0 saturated carbocycles. The Labute approximate surface area is 97.4 Å². The van der Waals surface area contributed by atoms with Crippen LogP contribution in [0.3, 0.4) is 0 Å². The van der Waals surface area contributed by atoms with Crippen LogP contribution in [0, 0.1) is 6.92 Å². The second-order valence-electron chi connectivity index (χ2n) is 3.12. The predicted molar refractivity (Wildman–Crippen MR) is 58.9 cm³/mol. The number of carbonyl (C=O) groups is 1. The van der Waals surface area contributed by atoms with Crippen LogP contribution in [0.1, 0.15) is 18.4 Å². The highest BCUT2D eigenvalue weighted by Gasteiger charge is 2.25. The fourth-order valence-electron chi connectivity index (χ4n) is 1.02. The summed E-state index contributed by atoms with van der Waals surface area (Å²) in [4.78, 5) is 14.5. The molecule has 8 heteroatoms. The van der Waals surface area contributed by atoms with Crippen LogP contribution in [0.15, 0.2) is 10.4 Å². The summed E-state index contributed by atoms with van der Waals surface area (Å²) in [7, 11) is -3.77. The Hall–Kier alpha value is -0.990. The minimum Gasteiger partial charge on any atom is -0.480 e. The molecule has 0 amide bonds. The number of carboxylic acid groups (broad SMARTS) is 1. The lowest BCUT2D eigenvalue weighted by atomic mass is 10.2. The van der Waals surface area contributed by atoms with Gasteiger partial charge >= 0.3 is 5.97 Å². The highest BCUT2D eigenvalue weighted by Crippen LogP contribution is 2.18. The van der Waals surface area contributed by atoms with Crippen LogP contribution in [-0.2, 0) is 14.8 Å². The first-order valence-electron chi connectivity index (χ1n) is 4.54. The molecule has 0 fully saturated rings. The van der Waals surface area contributed by atoms with Crippen molar-refractivity contribution in [2.75, 3.05) is 0 Å². The first-order valence-corrected chi connectivity index (χ1v) is 6.84. The molecule has 6 nitrogen and oxygen atoms in total. The molecule has 0 aliphatic rings. The molecule has 1 atom stereocenters. The van der Waals surface area contributed by atoms with Gasteiger partial charge in [-0.2, -0.15) is 4.72 Å². The minimum atomic E-state index is -3.77. The summed E-state index contributed by atoms with van der Waals surface area (Å²) in [5.74, 6) is -1.19. The smallest absolute Gasteiger partial charge is 0.321 e. The lowest BCUT2D eigenvalue weighted by Gasteiger charge is -2.10. The van der Waals surface area contributed by atoms with E-state index in [0.29, 0.717) is 5.01 Å². The summed E-state index contributed by atoms with van der Waals surface area (Å²) in [5.41, 5.74) is 0. The molecule has 90 valence electrons. The van der Waals surface area contributed by atoms with Crippen LogP contribution < -0.4 is 4.72 Å². The van der Waals surface area contributed by atoms with Gasteiger partial charge in [-0.1, -0.05) is 6.92 Å². The summed E-state index contributed by atoms with van der Waals surface area (Å²) in [6.07, 6.45) is 1.41. The normalized spacial score (nSPS) is 13.6. The van der Waals surface area contributed by atoms with Crippen LogP contribution >= 0.6 is 11.3 Å². The van der Waals surface area contributed by atoms with Crippen molar-refractivity contribution in [3.05, 3.63) is 11.2 Å². The van der Waals surface area contributed by atoms with E-state index in [9.17, 15) is 13.2 Å². The average Bonchev–Trinajstić information content (AvgIpc) is 2.61. The van der Waals surface area contributed by atoms with E-state index in [2.05, 4.69) is 9.71 Å². The van der Waals surface area contributed by atoms with Gasteiger partial charge in [-0.05, 0) is 13.3 Å². The van der Waals surface area contributed by atoms with E-state index in [1.165, 1.54) is 6.20 Å². The van der Waals surface area contributed by atoms with Gasteiger partial charge in [0, 0.05) is 0 Å². The first-order chi connectivity index (χ1) is 7.36. The lowest BCUT2D eigenvalue weighted by molar-refractivity contribution is -0.139. The number of aromatic nitrogens is 1. The zero-order valence-corrected chi connectivity index (χ0v) is 10.4. The van der Waals surface area contributed by atoms with Crippen LogP contribution in [-0.4, -0.2) is 30.5 Å². The summed E-state index contributed by atoms with van der Waals surface area (Å²) in [6, 6.07) is -1.10.